The van der Waals surface area contributed by atoms with Crippen LogP contribution in [0.15, 0.2) is 18.2 Å². The molecule has 2 heteroatoms. The molecule has 0 amide bonds. The summed E-state index contributed by atoms with van der Waals surface area (Å²) in [4.78, 5) is 0. The number of halogens is 1. The highest BCUT2D eigenvalue weighted by Gasteiger charge is 2.22. The van der Waals surface area contributed by atoms with Crippen LogP contribution in [-0.2, 0) is 5.60 Å². The first-order valence-electron chi connectivity index (χ1n) is 4.46. The molecule has 0 aromatic heterocycles. The van der Waals surface area contributed by atoms with E-state index in [1.54, 1.807) is 0 Å². The Labute approximate surface area is 84.4 Å². The van der Waals surface area contributed by atoms with Gasteiger partial charge in [0.2, 0.25) is 0 Å². The molecule has 1 N–H and O–H groups in total. The van der Waals surface area contributed by atoms with Gasteiger partial charge in [0.05, 0.1) is 5.60 Å². The summed E-state index contributed by atoms with van der Waals surface area (Å²) in [5.74, 6) is 0. The molecule has 1 aromatic rings. The topological polar surface area (TPSA) is 20.2 Å². The summed E-state index contributed by atoms with van der Waals surface area (Å²) in [7, 11) is 0. The van der Waals surface area contributed by atoms with Crippen molar-refractivity contribution in [2.45, 2.75) is 32.8 Å². The van der Waals surface area contributed by atoms with Crippen LogP contribution in [-0.4, -0.2) is 5.11 Å². The van der Waals surface area contributed by atoms with Gasteiger partial charge in [-0.3, -0.25) is 0 Å². The van der Waals surface area contributed by atoms with Crippen LogP contribution in [0.4, 0.5) is 0 Å². The SMILES string of the molecule is CC[C@@](C)(O)c1cc(Cl)ccc1C. The molecule has 1 nitrogen and oxygen atoms in total. The number of rotatable bonds is 2. The molecule has 0 radical (unpaired) electrons. The Balaban J connectivity index is 3.20. The van der Waals surface area contributed by atoms with Crippen molar-refractivity contribution in [1.82, 2.24) is 0 Å². The summed E-state index contributed by atoms with van der Waals surface area (Å²) in [5, 5.41) is 10.7. The van der Waals surface area contributed by atoms with Gasteiger partial charge in [0, 0.05) is 5.02 Å². The van der Waals surface area contributed by atoms with Crippen LogP contribution in [0.3, 0.4) is 0 Å². The Bertz CT molecular complexity index is 305. The lowest BCUT2D eigenvalue weighted by Crippen LogP contribution is -2.20. The average molecular weight is 199 g/mol. The van der Waals surface area contributed by atoms with Gasteiger partial charge in [-0.05, 0) is 43.5 Å². The van der Waals surface area contributed by atoms with Crippen LogP contribution in [0.2, 0.25) is 5.02 Å². The lowest BCUT2D eigenvalue weighted by Gasteiger charge is -2.24. The molecule has 1 atom stereocenters. The molecule has 1 rings (SSSR count). The number of benzene rings is 1. The van der Waals surface area contributed by atoms with Crippen LogP contribution in [0, 0.1) is 6.92 Å². The van der Waals surface area contributed by atoms with Gasteiger partial charge in [0.25, 0.3) is 0 Å². The number of aliphatic hydroxyl groups is 1. The minimum Gasteiger partial charge on any atom is -0.385 e. The van der Waals surface area contributed by atoms with Crippen molar-refractivity contribution in [3.8, 4) is 0 Å². The maximum Gasteiger partial charge on any atom is 0.0869 e. The second-order valence-corrected chi connectivity index (χ2v) is 4.02. The summed E-state index contributed by atoms with van der Waals surface area (Å²) >= 11 is 5.87. The van der Waals surface area contributed by atoms with Crippen LogP contribution >= 0.6 is 11.6 Å². The van der Waals surface area contributed by atoms with E-state index < -0.39 is 5.60 Å². The largest absolute Gasteiger partial charge is 0.385 e. The van der Waals surface area contributed by atoms with Gasteiger partial charge in [-0.2, -0.15) is 0 Å². The number of hydrogen-bond donors (Lipinski definition) is 1. The van der Waals surface area contributed by atoms with Gasteiger partial charge < -0.3 is 5.11 Å². The summed E-state index contributed by atoms with van der Waals surface area (Å²) in [6, 6.07) is 5.61. The molecule has 0 saturated carbocycles. The molecule has 0 fully saturated rings. The van der Waals surface area contributed by atoms with Crippen molar-refractivity contribution >= 4 is 11.6 Å². The highest BCUT2D eigenvalue weighted by Crippen LogP contribution is 2.29. The molecule has 0 spiro atoms. The quantitative estimate of drug-likeness (QED) is 0.774. The van der Waals surface area contributed by atoms with Gasteiger partial charge in [-0.25, -0.2) is 0 Å². The van der Waals surface area contributed by atoms with Gasteiger partial charge in [0.15, 0.2) is 0 Å². The third kappa shape index (κ3) is 2.23. The van der Waals surface area contributed by atoms with Crippen molar-refractivity contribution in [2.75, 3.05) is 0 Å². The van der Waals surface area contributed by atoms with Crippen molar-refractivity contribution in [1.29, 1.82) is 0 Å². The van der Waals surface area contributed by atoms with Crippen molar-refractivity contribution in [3.63, 3.8) is 0 Å². The van der Waals surface area contributed by atoms with Gasteiger partial charge in [-0.1, -0.05) is 24.6 Å². The Morgan fingerprint density at radius 1 is 1.46 bits per heavy atom. The number of aryl methyl sites for hydroxylation is 1. The van der Waals surface area contributed by atoms with Crippen LogP contribution < -0.4 is 0 Å². The molecule has 0 aliphatic carbocycles. The Morgan fingerprint density at radius 3 is 2.62 bits per heavy atom. The standard InChI is InChI=1S/C11H15ClO/c1-4-11(3,13)10-7-9(12)6-5-8(10)2/h5-7,13H,4H2,1-3H3/t11-/m1/s1. The van der Waals surface area contributed by atoms with Crippen LogP contribution in [0.25, 0.3) is 0 Å². The minimum absolute atomic E-state index is 0.675. The fraction of sp³-hybridized carbons (Fsp3) is 0.455. The molecule has 0 saturated heterocycles. The third-order valence-electron chi connectivity index (χ3n) is 2.47. The van der Waals surface area contributed by atoms with E-state index in [0.29, 0.717) is 11.4 Å². The van der Waals surface area contributed by atoms with Gasteiger partial charge in [-0.15, -0.1) is 0 Å². The maximum atomic E-state index is 10.0. The second kappa shape index (κ2) is 3.69. The van der Waals surface area contributed by atoms with Crippen molar-refractivity contribution in [2.24, 2.45) is 0 Å². The molecule has 0 bridgehead atoms. The molecule has 0 aliphatic rings. The van der Waals surface area contributed by atoms with Gasteiger partial charge in [0.1, 0.15) is 0 Å². The fourth-order valence-corrected chi connectivity index (χ4v) is 1.54. The second-order valence-electron chi connectivity index (χ2n) is 3.59. The van der Waals surface area contributed by atoms with Crippen molar-refractivity contribution < 1.29 is 5.11 Å². The maximum absolute atomic E-state index is 10.0. The van der Waals surface area contributed by atoms with E-state index in [9.17, 15) is 5.11 Å². The Hall–Kier alpha value is -0.530. The third-order valence-corrected chi connectivity index (χ3v) is 2.70. The predicted octanol–water partition coefficient (Wildman–Crippen LogP) is 3.27. The zero-order valence-electron chi connectivity index (χ0n) is 8.26. The van der Waals surface area contributed by atoms with E-state index in [4.69, 9.17) is 11.6 Å². The zero-order valence-corrected chi connectivity index (χ0v) is 9.02. The fourth-order valence-electron chi connectivity index (χ4n) is 1.36. The smallest absolute Gasteiger partial charge is 0.0869 e. The molecule has 0 unspecified atom stereocenters. The summed E-state index contributed by atoms with van der Waals surface area (Å²) in [6.45, 7) is 5.75. The number of hydrogen-bond acceptors (Lipinski definition) is 1. The van der Waals surface area contributed by atoms with Gasteiger partial charge >= 0.3 is 0 Å². The lowest BCUT2D eigenvalue weighted by molar-refractivity contribution is 0.0524. The Kier molecular flexibility index (Phi) is 2.99. The van der Waals surface area contributed by atoms with Crippen molar-refractivity contribution in [3.05, 3.63) is 34.3 Å². The predicted molar refractivity (Wildman–Crippen MR) is 56.1 cm³/mol. The zero-order chi connectivity index (χ0) is 10.1. The summed E-state index contributed by atoms with van der Waals surface area (Å²) in [6.07, 6.45) is 0.689. The molecular formula is C11H15ClO. The molecule has 0 aliphatic heterocycles. The van der Waals surface area contributed by atoms with E-state index >= 15 is 0 Å². The summed E-state index contributed by atoms with van der Waals surface area (Å²) < 4.78 is 0. The van der Waals surface area contributed by atoms with E-state index in [2.05, 4.69) is 0 Å². The van der Waals surface area contributed by atoms with E-state index in [-0.39, 0.29) is 0 Å². The Morgan fingerprint density at radius 2 is 2.08 bits per heavy atom. The van der Waals surface area contributed by atoms with Crippen LogP contribution in [0.1, 0.15) is 31.4 Å². The van der Waals surface area contributed by atoms with E-state index in [0.717, 1.165) is 11.1 Å². The first kappa shape index (κ1) is 10.6. The normalized spacial score (nSPS) is 15.5. The van der Waals surface area contributed by atoms with E-state index in [1.807, 2.05) is 39.0 Å². The molecule has 0 heterocycles. The van der Waals surface area contributed by atoms with Crippen LogP contribution in [0.5, 0.6) is 0 Å². The molecule has 13 heavy (non-hydrogen) atoms. The molecular weight excluding hydrogens is 184 g/mol. The highest BCUT2D eigenvalue weighted by molar-refractivity contribution is 6.30. The first-order valence-corrected chi connectivity index (χ1v) is 4.84. The average Bonchev–Trinajstić information content (AvgIpc) is 2.09. The molecule has 72 valence electrons. The van der Waals surface area contributed by atoms with E-state index in [1.165, 1.54) is 0 Å². The summed E-state index contributed by atoms with van der Waals surface area (Å²) in [5.41, 5.74) is 1.23. The monoisotopic (exact) mass is 198 g/mol. The first-order chi connectivity index (χ1) is 5.97. The minimum atomic E-state index is -0.769. The highest BCUT2D eigenvalue weighted by atomic mass is 35.5. The lowest BCUT2D eigenvalue weighted by atomic mass is 9.90. The molecule has 1 aromatic carbocycles.